The van der Waals surface area contributed by atoms with Crippen molar-refractivity contribution < 1.29 is 4.79 Å². The number of amidine groups is 1. The van der Waals surface area contributed by atoms with Gasteiger partial charge in [0.15, 0.2) is 5.17 Å². The Bertz CT molecular complexity index is 442. The van der Waals surface area contributed by atoms with E-state index in [1.54, 1.807) is 0 Å². The van der Waals surface area contributed by atoms with E-state index in [1.165, 1.54) is 11.8 Å². The van der Waals surface area contributed by atoms with Crippen LogP contribution in [0, 0.1) is 6.92 Å². The summed E-state index contributed by atoms with van der Waals surface area (Å²) in [6, 6.07) is 7.89. The third kappa shape index (κ3) is 2.27. The Kier molecular flexibility index (Phi) is 3.29. The summed E-state index contributed by atoms with van der Waals surface area (Å²) in [6.07, 6.45) is 0.837. The normalized spacial score (nSPS) is 22.5. The van der Waals surface area contributed by atoms with Gasteiger partial charge in [-0.25, -0.2) is 4.99 Å². The Balaban J connectivity index is 2.21. The summed E-state index contributed by atoms with van der Waals surface area (Å²) in [6.45, 7) is 4.02. The van der Waals surface area contributed by atoms with Gasteiger partial charge in [-0.05, 0) is 25.0 Å². The molecule has 1 aliphatic rings. The van der Waals surface area contributed by atoms with E-state index in [-0.39, 0.29) is 11.2 Å². The maximum Gasteiger partial charge on any atom is 0.239 e. The van der Waals surface area contributed by atoms with Gasteiger partial charge >= 0.3 is 0 Å². The van der Waals surface area contributed by atoms with E-state index >= 15 is 0 Å². The van der Waals surface area contributed by atoms with Crippen molar-refractivity contribution >= 4 is 28.5 Å². The van der Waals surface area contributed by atoms with Gasteiger partial charge in [0.2, 0.25) is 5.91 Å². The van der Waals surface area contributed by atoms with Crippen molar-refractivity contribution in [3.8, 4) is 0 Å². The van der Waals surface area contributed by atoms with Crippen molar-refractivity contribution in [2.45, 2.75) is 25.5 Å². The van der Waals surface area contributed by atoms with E-state index in [2.05, 4.69) is 10.3 Å². The molecule has 0 saturated carbocycles. The number of carbonyl (C=O) groups is 1. The van der Waals surface area contributed by atoms with Crippen LogP contribution in [0.3, 0.4) is 0 Å². The first-order chi connectivity index (χ1) is 7.70. The number of hydrogen-bond donors (Lipinski definition) is 1. The lowest BCUT2D eigenvalue weighted by molar-refractivity contribution is -0.118. The average Bonchev–Trinajstić information content (AvgIpc) is 2.62. The molecule has 0 unspecified atom stereocenters. The second-order valence-electron chi connectivity index (χ2n) is 3.71. The molecule has 1 aliphatic heterocycles. The lowest BCUT2D eigenvalue weighted by Gasteiger charge is -2.00. The Hall–Kier alpha value is -1.29. The van der Waals surface area contributed by atoms with E-state index in [4.69, 9.17) is 0 Å². The minimum Gasteiger partial charge on any atom is -0.304 e. The van der Waals surface area contributed by atoms with Crippen LogP contribution < -0.4 is 5.32 Å². The molecule has 3 nitrogen and oxygen atoms in total. The summed E-state index contributed by atoms with van der Waals surface area (Å²) in [5, 5.41) is 3.54. The van der Waals surface area contributed by atoms with Crippen LogP contribution in [0.2, 0.25) is 0 Å². The molecule has 1 atom stereocenters. The van der Waals surface area contributed by atoms with E-state index in [0.29, 0.717) is 5.17 Å². The molecule has 1 aromatic rings. The molecule has 1 N–H and O–H groups in total. The lowest BCUT2D eigenvalue weighted by atomic mass is 10.2. The zero-order valence-corrected chi connectivity index (χ0v) is 10.2. The molecule has 1 fully saturated rings. The zero-order chi connectivity index (χ0) is 11.5. The van der Waals surface area contributed by atoms with Crippen LogP contribution in [0.4, 0.5) is 5.69 Å². The minimum atomic E-state index is 0.0165. The van der Waals surface area contributed by atoms with Crippen LogP contribution >= 0.6 is 11.8 Å². The molecule has 16 heavy (non-hydrogen) atoms. The number of aryl methyl sites for hydroxylation is 1. The predicted molar refractivity (Wildman–Crippen MR) is 68.1 cm³/mol. The summed E-state index contributed by atoms with van der Waals surface area (Å²) in [5.74, 6) is 0.0693. The molecular formula is C12H14N2OS. The fourth-order valence-electron chi connectivity index (χ4n) is 1.52. The Morgan fingerprint density at radius 1 is 1.44 bits per heavy atom. The Morgan fingerprint density at radius 2 is 2.19 bits per heavy atom. The van der Waals surface area contributed by atoms with Crippen LogP contribution in [0.1, 0.15) is 18.9 Å². The molecule has 0 bridgehead atoms. The van der Waals surface area contributed by atoms with Gasteiger partial charge in [-0.15, -0.1) is 0 Å². The highest BCUT2D eigenvalue weighted by Gasteiger charge is 2.28. The third-order valence-corrected chi connectivity index (χ3v) is 3.73. The van der Waals surface area contributed by atoms with Crippen LogP contribution in [0.25, 0.3) is 0 Å². The van der Waals surface area contributed by atoms with Crippen molar-refractivity contribution in [1.82, 2.24) is 5.32 Å². The molecule has 84 valence electrons. The zero-order valence-electron chi connectivity index (χ0n) is 9.36. The second-order valence-corrected chi connectivity index (χ2v) is 4.90. The first-order valence-electron chi connectivity index (χ1n) is 5.32. The topological polar surface area (TPSA) is 41.5 Å². The van der Waals surface area contributed by atoms with E-state index in [0.717, 1.165) is 17.7 Å². The number of thioether (sulfide) groups is 1. The first kappa shape index (κ1) is 11.2. The van der Waals surface area contributed by atoms with Crippen molar-refractivity contribution in [3.63, 3.8) is 0 Å². The number of nitrogens with one attached hydrogen (secondary N) is 1. The van der Waals surface area contributed by atoms with Gasteiger partial charge in [-0.1, -0.05) is 36.9 Å². The fraction of sp³-hybridized carbons (Fsp3) is 0.333. The van der Waals surface area contributed by atoms with Gasteiger partial charge in [0.25, 0.3) is 0 Å². The van der Waals surface area contributed by atoms with Gasteiger partial charge in [0, 0.05) is 0 Å². The summed E-state index contributed by atoms with van der Waals surface area (Å²) < 4.78 is 0. The predicted octanol–water partition coefficient (Wildman–Crippen LogP) is 2.62. The van der Waals surface area contributed by atoms with Crippen molar-refractivity contribution in [2.75, 3.05) is 0 Å². The van der Waals surface area contributed by atoms with Crippen molar-refractivity contribution in [1.29, 1.82) is 0 Å². The average molecular weight is 234 g/mol. The Labute approximate surface area is 99.3 Å². The van der Waals surface area contributed by atoms with E-state index in [1.807, 2.05) is 38.1 Å². The van der Waals surface area contributed by atoms with Crippen LogP contribution in [-0.4, -0.2) is 16.3 Å². The minimum absolute atomic E-state index is 0.0165. The number of nitrogens with zero attached hydrogens (tertiary/aromatic N) is 1. The van der Waals surface area contributed by atoms with Crippen LogP contribution in [0.15, 0.2) is 29.3 Å². The summed E-state index contributed by atoms with van der Waals surface area (Å²) >= 11 is 1.51. The van der Waals surface area contributed by atoms with Gasteiger partial charge in [0.1, 0.15) is 0 Å². The molecule has 2 rings (SSSR count). The molecule has 1 aromatic carbocycles. The van der Waals surface area contributed by atoms with Crippen LogP contribution in [0.5, 0.6) is 0 Å². The van der Waals surface area contributed by atoms with E-state index < -0.39 is 0 Å². The number of amides is 1. The Morgan fingerprint density at radius 3 is 2.81 bits per heavy atom. The molecular weight excluding hydrogens is 220 g/mol. The maximum absolute atomic E-state index is 11.5. The molecule has 1 heterocycles. The molecule has 0 aromatic heterocycles. The molecule has 4 heteroatoms. The molecule has 1 amide bonds. The molecule has 1 saturated heterocycles. The third-order valence-electron chi connectivity index (χ3n) is 2.48. The second kappa shape index (κ2) is 4.70. The maximum atomic E-state index is 11.5. The molecule has 0 spiro atoms. The highest BCUT2D eigenvalue weighted by Crippen LogP contribution is 2.26. The van der Waals surface area contributed by atoms with Gasteiger partial charge in [-0.2, -0.15) is 0 Å². The quantitative estimate of drug-likeness (QED) is 0.854. The standard InChI is InChI=1S/C12H14N2OS/c1-3-10-11(15)14-12(16-10)13-9-7-5-4-6-8(9)2/h4-7,10H,3H2,1-2H3,(H,13,14,15)/t10-/m1/s1. The number of benzene rings is 1. The molecule has 0 aliphatic carbocycles. The summed E-state index contributed by atoms with van der Waals surface area (Å²) in [7, 11) is 0. The monoisotopic (exact) mass is 234 g/mol. The number of para-hydroxylation sites is 1. The first-order valence-corrected chi connectivity index (χ1v) is 6.20. The van der Waals surface area contributed by atoms with Crippen molar-refractivity contribution in [2.24, 2.45) is 4.99 Å². The van der Waals surface area contributed by atoms with Crippen molar-refractivity contribution in [3.05, 3.63) is 29.8 Å². The highest BCUT2D eigenvalue weighted by atomic mass is 32.2. The summed E-state index contributed by atoms with van der Waals surface area (Å²) in [5.41, 5.74) is 2.03. The SMILES string of the molecule is CC[C@H]1SC(=Nc2ccccc2C)NC1=O. The summed E-state index contributed by atoms with van der Waals surface area (Å²) in [4.78, 5) is 15.9. The lowest BCUT2D eigenvalue weighted by Crippen LogP contribution is -2.24. The molecule has 0 radical (unpaired) electrons. The number of rotatable bonds is 2. The highest BCUT2D eigenvalue weighted by molar-refractivity contribution is 8.15. The van der Waals surface area contributed by atoms with E-state index in [9.17, 15) is 4.79 Å². The fourth-order valence-corrected chi connectivity index (χ4v) is 2.44. The van der Waals surface area contributed by atoms with Gasteiger partial charge < -0.3 is 5.32 Å². The number of carbonyl (C=O) groups excluding carboxylic acids is 1. The smallest absolute Gasteiger partial charge is 0.239 e. The van der Waals surface area contributed by atoms with Gasteiger partial charge in [0.05, 0.1) is 10.9 Å². The van der Waals surface area contributed by atoms with Gasteiger partial charge in [-0.3, -0.25) is 4.79 Å². The number of aliphatic imine (C=N–C) groups is 1. The van der Waals surface area contributed by atoms with Crippen LogP contribution in [-0.2, 0) is 4.79 Å². The largest absolute Gasteiger partial charge is 0.304 e. The number of hydrogen-bond acceptors (Lipinski definition) is 3.